The molecule has 4 aromatic rings. The number of hydrogen-bond donors (Lipinski definition) is 3. The summed E-state index contributed by atoms with van der Waals surface area (Å²) < 4.78 is 39.0. The fourth-order valence-electron chi connectivity index (χ4n) is 2.77. The third kappa shape index (κ3) is 4.75. The van der Waals surface area contributed by atoms with E-state index in [9.17, 15) is 22.8 Å². The van der Waals surface area contributed by atoms with E-state index in [4.69, 9.17) is 11.6 Å². The van der Waals surface area contributed by atoms with E-state index >= 15 is 0 Å². The molecule has 33 heavy (non-hydrogen) atoms. The smallest absolute Gasteiger partial charge is 0.342 e. The van der Waals surface area contributed by atoms with Crippen LogP contribution in [0.2, 0.25) is 5.02 Å². The van der Waals surface area contributed by atoms with E-state index in [1.165, 1.54) is 18.7 Å². The van der Waals surface area contributed by atoms with Crippen molar-refractivity contribution in [1.82, 2.24) is 35.5 Å². The Balaban J connectivity index is 1.46. The fraction of sp³-hybridized carbons (Fsp3) is 0.167. The maximum atomic E-state index is 13.0. The van der Waals surface area contributed by atoms with Crippen LogP contribution in [0.25, 0.3) is 11.0 Å². The third-order valence-corrected chi connectivity index (χ3v) is 5.81. The molecule has 0 fully saturated rings. The number of hydrogen-bond acceptors (Lipinski definition) is 8. The minimum absolute atomic E-state index is 0.107. The number of nitrogens with one attached hydrogen (secondary N) is 3. The van der Waals surface area contributed by atoms with Crippen molar-refractivity contribution in [3.05, 3.63) is 57.1 Å². The van der Waals surface area contributed by atoms with E-state index in [1.54, 1.807) is 6.92 Å². The molecular weight excluding hydrogens is 485 g/mol. The number of fused-ring (bicyclic) bond motifs is 1. The van der Waals surface area contributed by atoms with E-state index < -0.39 is 34.6 Å². The Bertz CT molecular complexity index is 1360. The van der Waals surface area contributed by atoms with Crippen LogP contribution in [0.1, 0.15) is 43.7 Å². The number of aromatic nitrogens is 6. The van der Waals surface area contributed by atoms with Gasteiger partial charge in [-0.15, -0.1) is 11.3 Å². The monoisotopic (exact) mass is 496 g/mol. The molecular formula is C18H12ClF3N8O2S. The Labute approximate surface area is 191 Å². The lowest BCUT2D eigenvalue weighted by Crippen LogP contribution is -2.27. The van der Waals surface area contributed by atoms with Gasteiger partial charge < -0.3 is 10.6 Å². The molecule has 3 N–H and O–H groups in total. The molecule has 0 aliphatic carbocycles. The summed E-state index contributed by atoms with van der Waals surface area (Å²) in [5.74, 6) is -1.53. The van der Waals surface area contributed by atoms with Crippen molar-refractivity contribution in [3.8, 4) is 0 Å². The quantitative estimate of drug-likeness (QED) is 0.383. The highest BCUT2D eigenvalue weighted by atomic mass is 35.5. The Morgan fingerprint density at radius 1 is 1.12 bits per heavy atom. The third-order valence-electron chi connectivity index (χ3n) is 4.33. The van der Waals surface area contributed by atoms with Crippen molar-refractivity contribution >= 4 is 51.6 Å². The summed E-state index contributed by atoms with van der Waals surface area (Å²) in [5, 5.41) is 11.7. The predicted molar refractivity (Wildman–Crippen MR) is 112 cm³/mol. The number of alkyl halides is 3. The molecule has 1 atom stereocenters. The van der Waals surface area contributed by atoms with E-state index in [0.29, 0.717) is 22.1 Å². The highest BCUT2D eigenvalue weighted by molar-refractivity contribution is 7.13. The van der Waals surface area contributed by atoms with E-state index in [1.807, 2.05) is 0 Å². The van der Waals surface area contributed by atoms with Gasteiger partial charge in [0.05, 0.1) is 34.4 Å². The van der Waals surface area contributed by atoms with Crippen molar-refractivity contribution in [2.24, 2.45) is 0 Å². The summed E-state index contributed by atoms with van der Waals surface area (Å²) in [6, 6.07) is 0.0510. The van der Waals surface area contributed by atoms with Gasteiger partial charge in [0.15, 0.2) is 5.65 Å². The van der Waals surface area contributed by atoms with Gasteiger partial charge in [-0.3, -0.25) is 14.7 Å². The van der Waals surface area contributed by atoms with Crippen LogP contribution in [0.3, 0.4) is 0 Å². The van der Waals surface area contributed by atoms with Gasteiger partial charge in [0, 0.05) is 6.20 Å². The number of halogens is 4. The van der Waals surface area contributed by atoms with Crippen LogP contribution in [0, 0.1) is 0 Å². The Morgan fingerprint density at radius 2 is 1.91 bits per heavy atom. The van der Waals surface area contributed by atoms with Gasteiger partial charge in [0.1, 0.15) is 27.7 Å². The van der Waals surface area contributed by atoms with Crippen molar-refractivity contribution in [2.45, 2.75) is 19.1 Å². The fourth-order valence-corrected chi connectivity index (χ4v) is 3.79. The molecule has 0 bridgehead atoms. The number of anilines is 1. The van der Waals surface area contributed by atoms with Crippen LogP contribution in [-0.4, -0.2) is 41.9 Å². The summed E-state index contributed by atoms with van der Waals surface area (Å²) in [7, 11) is 0. The molecule has 10 nitrogen and oxygen atoms in total. The standard InChI is InChI=1S/C18H12ClF3N8O2S/c1-7(28-16(32)13-8-3-27-30-14(8)26-6-25-13)17-24-5-11(33-17)15(31)29-12-2-9(18(20,21)22)10(19)4-23-12/h2-7H,1H3,(H,28,32)(H,23,29,31)(H,25,26,27,30)/t7-/m0/s1. The molecule has 4 aromatic heterocycles. The van der Waals surface area contributed by atoms with Crippen LogP contribution in [0.15, 0.2) is 31.0 Å². The van der Waals surface area contributed by atoms with Gasteiger partial charge in [-0.1, -0.05) is 11.6 Å². The summed E-state index contributed by atoms with van der Waals surface area (Å²) in [6.07, 6.45) is 0.00450. The number of carbonyl (C=O) groups is 2. The minimum Gasteiger partial charge on any atom is -0.342 e. The van der Waals surface area contributed by atoms with Crippen LogP contribution in [0.5, 0.6) is 0 Å². The Morgan fingerprint density at radius 3 is 2.67 bits per heavy atom. The molecule has 4 rings (SSSR count). The maximum Gasteiger partial charge on any atom is 0.418 e. The number of aromatic amines is 1. The Hall–Kier alpha value is -3.65. The molecule has 170 valence electrons. The van der Waals surface area contributed by atoms with Crippen LogP contribution >= 0.6 is 22.9 Å². The summed E-state index contributed by atoms with van der Waals surface area (Å²) >= 11 is 6.49. The lowest BCUT2D eigenvalue weighted by atomic mass is 10.2. The number of thiazole rings is 1. The van der Waals surface area contributed by atoms with Crippen molar-refractivity contribution in [2.75, 3.05) is 5.32 Å². The zero-order valence-corrected chi connectivity index (χ0v) is 18.0. The lowest BCUT2D eigenvalue weighted by Gasteiger charge is -2.11. The van der Waals surface area contributed by atoms with Gasteiger partial charge in [-0.25, -0.2) is 19.9 Å². The number of amides is 2. The topological polar surface area (TPSA) is 138 Å². The second-order valence-corrected chi connectivity index (χ2v) is 8.08. The van der Waals surface area contributed by atoms with Gasteiger partial charge >= 0.3 is 6.18 Å². The average Bonchev–Trinajstić information content (AvgIpc) is 3.43. The van der Waals surface area contributed by atoms with Crippen molar-refractivity contribution in [1.29, 1.82) is 0 Å². The SMILES string of the molecule is C[C@H](NC(=O)c1ncnc2[nH]ncc12)c1ncc(C(=O)Nc2cc(C(F)(F)F)c(Cl)cn2)s1. The first-order valence-corrected chi connectivity index (χ1v) is 10.3. The molecule has 0 spiro atoms. The number of nitrogens with zero attached hydrogens (tertiary/aromatic N) is 5. The summed E-state index contributed by atoms with van der Waals surface area (Å²) in [6.45, 7) is 1.66. The molecule has 0 aliphatic rings. The molecule has 0 aromatic carbocycles. The molecule has 0 saturated carbocycles. The van der Waals surface area contributed by atoms with Crippen LogP contribution in [-0.2, 0) is 6.18 Å². The van der Waals surface area contributed by atoms with E-state index in [0.717, 1.165) is 17.5 Å². The van der Waals surface area contributed by atoms with Crippen LogP contribution in [0.4, 0.5) is 19.0 Å². The average molecular weight is 497 g/mol. The van der Waals surface area contributed by atoms with E-state index in [2.05, 4.69) is 40.8 Å². The van der Waals surface area contributed by atoms with Gasteiger partial charge in [0.25, 0.3) is 11.8 Å². The summed E-state index contributed by atoms with van der Waals surface area (Å²) in [5.41, 5.74) is -0.600. The van der Waals surface area contributed by atoms with Crippen LogP contribution < -0.4 is 10.6 Å². The Kier molecular flexibility index (Phi) is 5.95. The van der Waals surface area contributed by atoms with Crippen molar-refractivity contribution < 1.29 is 22.8 Å². The highest BCUT2D eigenvalue weighted by Gasteiger charge is 2.34. The number of carbonyl (C=O) groups excluding carboxylic acids is 2. The number of pyridine rings is 1. The largest absolute Gasteiger partial charge is 0.418 e. The minimum atomic E-state index is -4.70. The molecule has 15 heteroatoms. The predicted octanol–water partition coefficient (Wildman–Crippen LogP) is 3.62. The molecule has 4 heterocycles. The maximum absolute atomic E-state index is 13.0. The number of rotatable bonds is 5. The van der Waals surface area contributed by atoms with Gasteiger partial charge in [-0.2, -0.15) is 18.3 Å². The second-order valence-electron chi connectivity index (χ2n) is 6.61. The zero-order valence-electron chi connectivity index (χ0n) is 16.4. The molecule has 0 saturated heterocycles. The van der Waals surface area contributed by atoms with Gasteiger partial charge in [0.2, 0.25) is 0 Å². The normalized spacial score (nSPS) is 12.5. The second kappa shape index (κ2) is 8.71. The lowest BCUT2D eigenvalue weighted by molar-refractivity contribution is -0.137. The summed E-state index contributed by atoms with van der Waals surface area (Å²) in [4.78, 5) is 40.9. The first kappa shape index (κ1) is 22.5. The molecule has 0 aliphatic heterocycles. The zero-order chi connectivity index (χ0) is 23.8. The highest BCUT2D eigenvalue weighted by Crippen LogP contribution is 2.35. The van der Waals surface area contributed by atoms with Gasteiger partial charge in [-0.05, 0) is 13.0 Å². The molecule has 0 unspecified atom stereocenters. The van der Waals surface area contributed by atoms with Crippen molar-refractivity contribution in [3.63, 3.8) is 0 Å². The molecule has 0 radical (unpaired) electrons. The van der Waals surface area contributed by atoms with E-state index in [-0.39, 0.29) is 16.4 Å². The molecule has 2 amide bonds. The first-order chi connectivity index (χ1) is 15.6. The number of H-pyrrole nitrogens is 1. The first-order valence-electron chi connectivity index (χ1n) is 9.08.